The number of benzene rings is 6. The molecule has 0 spiro atoms. The number of hydrogen-bond acceptors (Lipinski definition) is 0. The lowest BCUT2D eigenvalue weighted by Gasteiger charge is -2.19. The van der Waals surface area contributed by atoms with Crippen LogP contribution in [0.25, 0.3) is 60.6 Å². The van der Waals surface area contributed by atoms with Gasteiger partial charge in [-0.2, -0.15) is 0 Å². The van der Waals surface area contributed by atoms with Crippen LogP contribution in [0.5, 0.6) is 0 Å². The maximum atomic E-state index is 2.38. The second-order valence-corrected chi connectivity index (χ2v) is 9.26. The molecule has 0 aliphatic heterocycles. The first-order valence-electron chi connectivity index (χ1n) is 12.1. The van der Waals surface area contributed by atoms with E-state index >= 15 is 0 Å². The highest BCUT2D eigenvalue weighted by Crippen LogP contribution is 2.44. The summed E-state index contributed by atoms with van der Waals surface area (Å²) in [6.07, 6.45) is 6.86. The summed E-state index contributed by atoms with van der Waals surface area (Å²) in [6.45, 7) is 0. The topological polar surface area (TPSA) is 0 Å². The molecule has 0 aromatic heterocycles. The molecule has 0 unspecified atom stereocenters. The van der Waals surface area contributed by atoms with Crippen LogP contribution in [0, 0.1) is 0 Å². The highest BCUT2D eigenvalue weighted by atomic mass is 14.2. The zero-order valence-electron chi connectivity index (χ0n) is 19.0. The molecule has 0 heterocycles. The second-order valence-electron chi connectivity index (χ2n) is 9.26. The van der Waals surface area contributed by atoms with Gasteiger partial charge in [0.05, 0.1) is 0 Å². The van der Waals surface area contributed by atoms with Gasteiger partial charge < -0.3 is 0 Å². The van der Waals surface area contributed by atoms with Crippen molar-refractivity contribution in [3.05, 3.63) is 126 Å². The van der Waals surface area contributed by atoms with Gasteiger partial charge in [-0.15, -0.1) is 0 Å². The molecule has 0 fully saturated rings. The third kappa shape index (κ3) is 2.99. The molecule has 6 aromatic carbocycles. The maximum Gasteiger partial charge on any atom is -0.00262 e. The molecule has 0 nitrogen and oxygen atoms in total. The Morgan fingerprint density at radius 2 is 1.03 bits per heavy atom. The van der Waals surface area contributed by atoms with Crippen molar-refractivity contribution in [3.8, 4) is 22.3 Å². The van der Waals surface area contributed by atoms with Crippen molar-refractivity contribution in [1.82, 2.24) is 0 Å². The minimum atomic E-state index is 1.13. The van der Waals surface area contributed by atoms with Gasteiger partial charge >= 0.3 is 0 Å². The average Bonchev–Trinajstić information content (AvgIpc) is 2.91. The summed E-state index contributed by atoms with van der Waals surface area (Å²) in [5.74, 6) is 0. The second kappa shape index (κ2) is 7.71. The molecule has 6 aromatic rings. The largest absolute Gasteiger partial charge is 0.0836 e. The van der Waals surface area contributed by atoms with Gasteiger partial charge in [0.1, 0.15) is 0 Å². The molecule has 0 saturated carbocycles. The fourth-order valence-corrected chi connectivity index (χ4v) is 5.68. The highest BCUT2D eigenvalue weighted by Gasteiger charge is 2.17. The van der Waals surface area contributed by atoms with Gasteiger partial charge in [0.2, 0.25) is 0 Å². The van der Waals surface area contributed by atoms with Gasteiger partial charge in [0.15, 0.2) is 0 Å². The molecule has 0 saturated heterocycles. The Morgan fingerprint density at radius 3 is 1.71 bits per heavy atom. The van der Waals surface area contributed by atoms with E-state index in [1.54, 1.807) is 0 Å². The van der Waals surface area contributed by atoms with Crippen LogP contribution in [0.1, 0.15) is 17.5 Å². The number of fused-ring (bicyclic) bond motifs is 4. The summed E-state index contributed by atoms with van der Waals surface area (Å²) < 4.78 is 0. The molecule has 0 atom stereocenters. The molecule has 0 radical (unpaired) electrons. The van der Waals surface area contributed by atoms with E-state index in [0.717, 1.165) is 12.8 Å². The molecule has 0 N–H and O–H groups in total. The van der Waals surface area contributed by atoms with Gasteiger partial charge in [-0.3, -0.25) is 0 Å². The Balaban J connectivity index is 1.58. The Labute approximate surface area is 199 Å². The van der Waals surface area contributed by atoms with Crippen LogP contribution in [0.3, 0.4) is 0 Å². The van der Waals surface area contributed by atoms with E-state index in [9.17, 15) is 0 Å². The smallest absolute Gasteiger partial charge is 0.00262 e. The summed E-state index contributed by atoms with van der Waals surface area (Å²) in [4.78, 5) is 0. The molecule has 1 aliphatic rings. The molecular formula is C34H24. The summed E-state index contributed by atoms with van der Waals surface area (Å²) >= 11 is 0. The van der Waals surface area contributed by atoms with Crippen LogP contribution in [0.4, 0.5) is 0 Å². The van der Waals surface area contributed by atoms with Gasteiger partial charge in [-0.1, -0.05) is 109 Å². The Hall–Kier alpha value is -4.16. The first kappa shape index (κ1) is 19.3. The standard InChI is InChI=1S/C34H24/c1-3-11-25-21-27(19-17-23(25)9-1)33-29-13-5-7-15-31(29)34(32-16-8-6-14-30(32)33)28-20-18-24-10-2-4-12-26(24)22-28/h1,3-9,11-22H,2,10H2. The van der Waals surface area contributed by atoms with Crippen LogP contribution in [-0.4, -0.2) is 0 Å². The molecular weight excluding hydrogens is 408 g/mol. The van der Waals surface area contributed by atoms with Crippen molar-refractivity contribution in [2.75, 3.05) is 0 Å². The third-order valence-electron chi connectivity index (χ3n) is 7.28. The van der Waals surface area contributed by atoms with Crippen molar-refractivity contribution >= 4 is 38.4 Å². The predicted molar refractivity (Wildman–Crippen MR) is 147 cm³/mol. The molecule has 34 heavy (non-hydrogen) atoms. The number of aryl methyl sites for hydroxylation is 1. The van der Waals surface area contributed by atoms with E-state index in [1.807, 2.05) is 0 Å². The lowest BCUT2D eigenvalue weighted by atomic mass is 9.84. The predicted octanol–water partition coefficient (Wildman–Crippen LogP) is 9.44. The number of allylic oxidation sites excluding steroid dienone is 1. The Bertz CT molecular complexity index is 1690. The van der Waals surface area contributed by atoms with Crippen molar-refractivity contribution in [2.24, 2.45) is 0 Å². The SMILES string of the molecule is C1=Cc2cc(-c3c4ccccc4c(-c4ccc5ccccc5c4)c4ccccc34)ccc2CC1. The third-order valence-corrected chi connectivity index (χ3v) is 7.28. The van der Waals surface area contributed by atoms with Crippen molar-refractivity contribution < 1.29 is 0 Å². The zero-order chi connectivity index (χ0) is 22.5. The minimum absolute atomic E-state index is 1.13. The molecule has 160 valence electrons. The fourth-order valence-electron chi connectivity index (χ4n) is 5.68. The summed E-state index contributed by atoms with van der Waals surface area (Å²) in [7, 11) is 0. The van der Waals surface area contributed by atoms with Crippen LogP contribution in [-0.2, 0) is 6.42 Å². The molecule has 1 aliphatic carbocycles. The summed E-state index contributed by atoms with van der Waals surface area (Å²) in [6, 6.07) is 40.3. The monoisotopic (exact) mass is 432 g/mol. The van der Waals surface area contributed by atoms with E-state index < -0.39 is 0 Å². The van der Waals surface area contributed by atoms with Crippen molar-refractivity contribution in [1.29, 1.82) is 0 Å². The summed E-state index contributed by atoms with van der Waals surface area (Å²) in [5.41, 5.74) is 8.02. The number of hydrogen-bond donors (Lipinski definition) is 0. The van der Waals surface area contributed by atoms with Gasteiger partial charge in [0, 0.05) is 0 Å². The molecule has 0 bridgehead atoms. The van der Waals surface area contributed by atoms with Crippen LogP contribution in [0.2, 0.25) is 0 Å². The van der Waals surface area contributed by atoms with E-state index in [-0.39, 0.29) is 0 Å². The lowest BCUT2D eigenvalue weighted by molar-refractivity contribution is 0.986. The van der Waals surface area contributed by atoms with Gasteiger partial charge in [-0.05, 0) is 90.7 Å². The van der Waals surface area contributed by atoms with Crippen LogP contribution >= 0.6 is 0 Å². The summed E-state index contributed by atoms with van der Waals surface area (Å²) in [5, 5.41) is 7.78. The average molecular weight is 433 g/mol. The normalized spacial score (nSPS) is 12.9. The van der Waals surface area contributed by atoms with Crippen LogP contribution in [0.15, 0.2) is 115 Å². The molecule has 7 rings (SSSR count). The molecule has 0 heteroatoms. The van der Waals surface area contributed by atoms with E-state index in [0.29, 0.717) is 0 Å². The molecule has 0 amide bonds. The van der Waals surface area contributed by atoms with Crippen LogP contribution < -0.4 is 0 Å². The fraction of sp³-hybridized carbons (Fsp3) is 0.0588. The first-order valence-corrected chi connectivity index (χ1v) is 12.1. The van der Waals surface area contributed by atoms with Gasteiger partial charge in [0.25, 0.3) is 0 Å². The quantitative estimate of drug-likeness (QED) is 0.239. The Morgan fingerprint density at radius 1 is 0.471 bits per heavy atom. The van der Waals surface area contributed by atoms with Gasteiger partial charge in [-0.25, -0.2) is 0 Å². The zero-order valence-corrected chi connectivity index (χ0v) is 19.0. The van der Waals surface area contributed by atoms with Crippen molar-refractivity contribution in [2.45, 2.75) is 12.8 Å². The minimum Gasteiger partial charge on any atom is -0.0836 e. The lowest BCUT2D eigenvalue weighted by Crippen LogP contribution is -1.95. The van der Waals surface area contributed by atoms with E-state index in [2.05, 4.69) is 121 Å². The highest BCUT2D eigenvalue weighted by molar-refractivity contribution is 6.21. The first-order chi connectivity index (χ1) is 16.9. The van der Waals surface area contributed by atoms with E-state index in [1.165, 1.54) is 65.7 Å². The maximum absolute atomic E-state index is 2.38. The van der Waals surface area contributed by atoms with Crippen molar-refractivity contribution in [3.63, 3.8) is 0 Å². The Kier molecular flexibility index (Phi) is 4.38. The number of rotatable bonds is 2. The van der Waals surface area contributed by atoms with E-state index in [4.69, 9.17) is 0 Å².